The van der Waals surface area contributed by atoms with E-state index in [1.165, 1.54) is 7.11 Å². The van der Waals surface area contributed by atoms with Gasteiger partial charge in [0.2, 0.25) is 20.2 Å². The summed E-state index contributed by atoms with van der Waals surface area (Å²) in [7, 11) is -2.21. The number of aliphatic hydroxyl groups excluding tert-OH is 1. The monoisotopic (exact) mass is 681 g/mol. The molecule has 0 bridgehead atoms. The van der Waals surface area contributed by atoms with Crippen molar-refractivity contribution in [2.45, 2.75) is 88.8 Å². The van der Waals surface area contributed by atoms with Gasteiger partial charge in [-0.05, 0) is 62.5 Å². The summed E-state index contributed by atoms with van der Waals surface area (Å²) in [6.07, 6.45) is 2.38. The van der Waals surface area contributed by atoms with Crippen molar-refractivity contribution in [2.24, 2.45) is 5.92 Å². The molecule has 1 N–H and O–H groups in total. The number of esters is 1. The maximum Gasteiger partial charge on any atom is 0.305 e. The molecule has 3 aliphatic heterocycles. The Morgan fingerprint density at radius 1 is 1.12 bits per heavy atom. The molecule has 0 aliphatic carbocycles. The second-order valence-corrected chi connectivity index (χ2v) is 17.5. The molecule has 0 unspecified atom stereocenters. The minimum Gasteiger partial charge on any atom is -0.469 e. The minimum atomic E-state index is -3.55. The molecule has 260 valence electrons. The summed E-state index contributed by atoms with van der Waals surface area (Å²) in [5.41, 5.74) is 0.534. The first-order chi connectivity index (χ1) is 22.9. The Labute approximate surface area is 283 Å². The van der Waals surface area contributed by atoms with Gasteiger partial charge in [0.25, 0.3) is 5.91 Å². The Balaban J connectivity index is 1.51. The molecule has 1 spiro atoms. The molecule has 2 saturated heterocycles. The van der Waals surface area contributed by atoms with Gasteiger partial charge in [-0.15, -0.1) is 0 Å². The summed E-state index contributed by atoms with van der Waals surface area (Å²) in [6.45, 7) is 6.08. The van der Waals surface area contributed by atoms with Gasteiger partial charge < -0.3 is 33.4 Å². The predicted molar refractivity (Wildman–Crippen MR) is 182 cm³/mol. The number of aliphatic hydroxyl groups is 1. The normalized spacial score (nSPS) is 23.9. The van der Waals surface area contributed by atoms with Crippen molar-refractivity contribution in [2.75, 3.05) is 43.2 Å². The van der Waals surface area contributed by atoms with Gasteiger partial charge >= 0.3 is 5.97 Å². The standard InChI is InChI=1S/C36H48FN3O7Si/c1-25-34(48(3,4)37)30(23-32(43)38(20-21-41)24-26-12-6-5-7-13-26)47-36(25)28-22-27(39-18-10-8-14-31(39)42)16-17-29(28)40(35(36)45)19-11-9-15-33(44)46-2/h5-7,12-13,16-17,22,25,30,34,41H,8-11,14-15,18-21,23-24H2,1-4H3/t25-,30+,34-,36+/m0/s1. The average molecular weight is 682 g/mol. The highest BCUT2D eigenvalue weighted by Crippen LogP contribution is 2.60. The van der Waals surface area contributed by atoms with E-state index in [1.807, 2.05) is 55.5 Å². The Morgan fingerprint density at radius 2 is 1.88 bits per heavy atom. The van der Waals surface area contributed by atoms with Crippen molar-refractivity contribution in [3.8, 4) is 0 Å². The molecule has 3 aliphatic rings. The molecule has 5 rings (SSSR count). The van der Waals surface area contributed by atoms with E-state index in [2.05, 4.69) is 0 Å². The third-order valence-electron chi connectivity index (χ3n) is 10.1. The number of hydrogen-bond acceptors (Lipinski definition) is 7. The third kappa shape index (κ3) is 7.06. The number of unbranched alkanes of at least 4 members (excludes halogenated alkanes) is 1. The number of methoxy groups -OCH3 is 1. The van der Waals surface area contributed by atoms with Gasteiger partial charge in [0.1, 0.15) is 0 Å². The third-order valence-corrected chi connectivity index (χ3v) is 12.6. The van der Waals surface area contributed by atoms with Crippen molar-refractivity contribution in [1.29, 1.82) is 0 Å². The van der Waals surface area contributed by atoms with Gasteiger partial charge in [0.15, 0.2) is 5.60 Å². The number of carbonyl (C=O) groups is 4. The molecule has 2 aromatic rings. The zero-order valence-electron chi connectivity index (χ0n) is 28.5. The van der Waals surface area contributed by atoms with E-state index in [0.717, 1.165) is 18.4 Å². The molecular weight excluding hydrogens is 633 g/mol. The maximum absolute atomic E-state index is 16.4. The van der Waals surface area contributed by atoms with Gasteiger partial charge in [-0.1, -0.05) is 37.3 Å². The number of rotatable bonds is 13. The molecule has 12 heteroatoms. The molecule has 2 fully saturated rings. The van der Waals surface area contributed by atoms with Crippen molar-refractivity contribution in [3.05, 3.63) is 59.7 Å². The van der Waals surface area contributed by atoms with E-state index < -0.39 is 31.6 Å². The Hall–Kier alpha value is -3.61. The van der Waals surface area contributed by atoms with E-state index in [1.54, 1.807) is 27.8 Å². The van der Waals surface area contributed by atoms with Gasteiger partial charge in [0.05, 0.1) is 31.9 Å². The molecule has 0 radical (unpaired) electrons. The van der Waals surface area contributed by atoms with Crippen molar-refractivity contribution in [1.82, 2.24) is 4.90 Å². The molecule has 3 amide bonds. The first-order valence-corrected chi connectivity index (χ1v) is 20.0. The fourth-order valence-corrected chi connectivity index (χ4v) is 10.4. The van der Waals surface area contributed by atoms with Crippen LogP contribution in [0.3, 0.4) is 0 Å². The smallest absolute Gasteiger partial charge is 0.305 e. The fraction of sp³-hybridized carbons (Fsp3) is 0.556. The summed E-state index contributed by atoms with van der Waals surface area (Å²) < 4.78 is 28.0. The van der Waals surface area contributed by atoms with E-state index in [0.29, 0.717) is 49.3 Å². The predicted octanol–water partition coefficient (Wildman–Crippen LogP) is 5.08. The SMILES string of the molecule is COC(=O)CCCCN1C(=O)[C@]2(O[C@H](CC(=O)N(CCO)Cc3ccccc3)[C@@H]([Si](C)(C)F)[C@@H]2C)c2cc(N3CCCCC3=O)ccc21. The number of hydrogen-bond donors (Lipinski definition) is 1. The van der Waals surface area contributed by atoms with E-state index in [4.69, 9.17) is 9.47 Å². The molecule has 48 heavy (non-hydrogen) atoms. The molecular formula is C36H48FN3O7Si. The minimum absolute atomic E-state index is 0.0145. The number of amides is 3. The summed E-state index contributed by atoms with van der Waals surface area (Å²) in [5.74, 6) is -1.53. The molecule has 0 saturated carbocycles. The number of benzene rings is 2. The second-order valence-electron chi connectivity index (χ2n) is 13.7. The van der Waals surface area contributed by atoms with Gasteiger partial charge in [0, 0.05) is 61.7 Å². The van der Waals surface area contributed by atoms with Crippen LogP contribution in [0.2, 0.25) is 18.6 Å². The summed E-state index contributed by atoms with van der Waals surface area (Å²) >= 11 is 0. The number of piperidine rings is 1. The highest BCUT2D eigenvalue weighted by atomic mass is 28.4. The lowest BCUT2D eigenvalue weighted by atomic mass is 9.82. The van der Waals surface area contributed by atoms with Gasteiger partial charge in [-0.3, -0.25) is 19.2 Å². The lowest BCUT2D eigenvalue weighted by Gasteiger charge is -2.32. The Bertz CT molecular complexity index is 1500. The van der Waals surface area contributed by atoms with Crippen LogP contribution in [-0.4, -0.2) is 81.6 Å². The number of carbonyl (C=O) groups excluding carboxylic acids is 4. The lowest BCUT2D eigenvalue weighted by molar-refractivity contribution is -0.149. The molecule has 0 aromatic heterocycles. The quantitative estimate of drug-likeness (QED) is 0.136. The number of fused-ring (bicyclic) bond motifs is 2. The van der Waals surface area contributed by atoms with Crippen LogP contribution in [0.4, 0.5) is 15.5 Å². The van der Waals surface area contributed by atoms with Crippen LogP contribution in [-0.2, 0) is 40.8 Å². The van der Waals surface area contributed by atoms with E-state index in [-0.39, 0.29) is 56.2 Å². The lowest BCUT2D eigenvalue weighted by Crippen LogP contribution is -2.45. The van der Waals surface area contributed by atoms with Gasteiger partial charge in [-0.25, -0.2) is 0 Å². The number of halogens is 1. The van der Waals surface area contributed by atoms with Crippen molar-refractivity contribution in [3.63, 3.8) is 0 Å². The zero-order chi connectivity index (χ0) is 34.6. The molecule has 3 heterocycles. The zero-order valence-corrected chi connectivity index (χ0v) is 29.5. The van der Waals surface area contributed by atoms with Crippen LogP contribution < -0.4 is 9.80 Å². The topological polar surface area (TPSA) is 117 Å². The largest absolute Gasteiger partial charge is 0.469 e. The number of ether oxygens (including phenoxy) is 2. The van der Waals surface area contributed by atoms with Crippen LogP contribution >= 0.6 is 0 Å². The second kappa shape index (κ2) is 14.9. The molecule has 2 aromatic carbocycles. The number of anilines is 2. The average Bonchev–Trinajstić information content (AvgIpc) is 3.49. The van der Waals surface area contributed by atoms with Crippen LogP contribution in [0.25, 0.3) is 0 Å². The van der Waals surface area contributed by atoms with E-state index >= 15 is 4.11 Å². The van der Waals surface area contributed by atoms with E-state index in [9.17, 15) is 24.3 Å². The first-order valence-electron chi connectivity index (χ1n) is 17.0. The first kappa shape index (κ1) is 35.7. The highest BCUT2D eigenvalue weighted by molar-refractivity contribution is 6.72. The Kier molecular flexibility index (Phi) is 11.1. The molecule has 4 atom stereocenters. The van der Waals surface area contributed by atoms with Crippen molar-refractivity contribution >= 4 is 43.5 Å². The van der Waals surface area contributed by atoms with Crippen LogP contribution in [0.15, 0.2) is 48.5 Å². The van der Waals surface area contributed by atoms with Crippen LogP contribution in [0.1, 0.15) is 63.0 Å². The summed E-state index contributed by atoms with van der Waals surface area (Å²) in [5, 5.41) is 9.79. The fourth-order valence-electron chi connectivity index (χ4n) is 7.86. The Morgan fingerprint density at radius 3 is 2.54 bits per heavy atom. The molecule has 10 nitrogen and oxygen atoms in total. The van der Waals surface area contributed by atoms with Crippen LogP contribution in [0, 0.1) is 5.92 Å². The van der Waals surface area contributed by atoms with Crippen LogP contribution in [0.5, 0.6) is 0 Å². The summed E-state index contributed by atoms with van der Waals surface area (Å²) in [4.78, 5) is 58.2. The number of nitrogens with zero attached hydrogens (tertiary/aromatic N) is 3. The van der Waals surface area contributed by atoms with Crippen molar-refractivity contribution < 1.29 is 37.9 Å². The maximum atomic E-state index is 16.4. The van der Waals surface area contributed by atoms with Gasteiger partial charge in [-0.2, -0.15) is 0 Å². The summed E-state index contributed by atoms with van der Waals surface area (Å²) in [6, 6.07) is 15.0. The highest BCUT2D eigenvalue weighted by Gasteiger charge is 2.67.